The highest BCUT2D eigenvalue weighted by atomic mass is 16.5. The summed E-state index contributed by atoms with van der Waals surface area (Å²) in [5.74, 6) is 0.703. The molecule has 0 unspecified atom stereocenters. The van der Waals surface area contributed by atoms with Gasteiger partial charge in [-0.25, -0.2) is 0 Å². The number of hydrogen-bond acceptors (Lipinski definition) is 2. The fourth-order valence-electron chi connectivity index (χ4n) is 1.18. The van der Waals surface area contributed by atoms with E-state index >= 15 is 0 Å². The van der Waals surface area contributed by atoms with E-state index in [1.54, 1.807) is 0 Å². The van der Waals surface area contributed by atoms with Crippen LogP contribution in [0, 0.1) is 5.92 Å². The van der Waals surface area contributed by atoms with Crippen LogP contribution in [0.5, 0.6) is 0 Å². The predicted octanol–water partition coefficient (Wildman–Crippen LogP) is 0.301. The summed E-state index contributed by atoms with van der Waals surface area (Å²) in [6.07, 6.45) is 3.01. The third-order valence-corrected chi connectivity index (χ3v) is 2.12. The molecule has 0 atom stereocenters. The van der Waals surface area contributed by atoms with Crippen LogP contribution in [0.25, 0.3) is 0 Å². The Bertz CT molecular complexity index is 161. The number of rotatable bonds is 3. The van der Waals surface area contributed by atoms with Gasteiger partial charge in [0.2, 0.25) is 5.91 Å². The van der Waals surface area contributed by atoms with E-state index in [0.29, 0.717) is 18.4 Å². The molecule has 1 aliphatic carbocycles. The van der Waals surface area contributed by atoms with E-state index in [-0.39, 0.29) is 5.91 Å². The van der Waals surface area contributed by atoms with E-state index < -0.39 is 0 Å². The van der Waals surface area contributed by atoms with Crippen LogP contribution in [0.1, 0.15) is 19.3 Å². The van der Waals surface area contributed by atoms with Crippen molar-refractivity contribution in [3.63, 3.8) is 0 Å². The van der Waals surface area contributed by atoms with Crippen LogP contribution in [-0.4, -0.2) is 25.2 Å². The van der Waals surface area contributed by atoms with E-state index in [0.717, 1.165) is 13.2 Å². The van der Waals surface area contributed by atoms with Crippen LogP contribution < -0.4 is 5.32 Å². The van der Waals surface area contributed by atoms with Crippen molar-refractivity contribution in [1.29, 1.82) is 0 Å². The molecule has 0 bridgehead atoms. The van der Waals surface area contributed by atoms with Crippen LogP contribution in [0.4, 0.5) is 0 Å². The molecule has 1 N–H and O–H groups in total. The second kappa shape index (κ2) is 2.81. The van der Waals surface area contributed by atoms with Crippen molar-refractivity contribution < 1.29 is 9.53 Å². The molecule has 2 rings (SSSR count). The lowest BCUT2D eigenvalue weighted by molar-refractivity contribution is -0.126. The van der Waals surface area contributed by atoms with E-state index in [4.69, 9.17) is 4.74 Å². The van der Waals surface area contributed by atoms with Crippen LogP contribution in [0.2, 0.25) is 0 Å². The fourth-order valence-corrected chi connectivity index (χ4v) is 1.18. The van der Waals surface area contributed by atoms with Crippen LogP contribution in [-0.2, 0) is 9.53 Å². The number of carbonyl (C=O) groups is 1. The van der Waals surface area contributed by atoms with Crippen molar-refractivity contribution in [2.45, 2.75) is 25.3 Å². The number of hydrogen-bond donors (Lipinski definition) is 1. The molecule has 3 heteroatoms. The smallest absolute Gasteiger partial charge is 0.220 e. The zero-order chi connectivity index (χ0) is 7.68. The van der Waals surface area contributed by atoms with Gasteiger partial charge in [-0.15, -0.1) is 0 Å². The number of carbonyl (C=O) groups excluding carboxylic acids is 1. The van der Waals surface area contributed by atoms with Gasteiger partial charge in [0.15, 0.2) is 0 Å². The number of amides is 1. The molecule has 2 aliphatic rings. The molecule has 1 saturated carbocycles. The second-order valence-electron chi connectivity index (χ2n) is 3.45. The topological polar surface area (TPSA) is 38.3 Å². The minimum atomic E-state index is 0.209. The molecule has 11 heavy (non-hydrogen) atoms. The molecule has 1 heterocycles. The van der Waals surface area contributed by atoms with Crippen molar-refractivity contribution in [3.05, 3.63) is 0 Å². The van der Waals surface area contributed by atoms with Crippen LogP contribution in [0.15, 0.2) is 0 Å². The van der Waals surface area contributed by atoms with Gasteiger partial charge in [-0.3, -0.25) is 4.79 Å². The maximum atomic E-state index is 11.1. The summed E-state index contributed by atoms with van der Waals surface area (Å²) in [5.41, 5.74) is 0. The highest BCUT2D eigenvalue weighted by Crippen LogP contribution is 2.20. The van der Waals surface area contributed by atoms with Crippen molar-refractivity contribution in [2.75, 3.05) is 13.2 Å². The quantitative estimate of drug-likeness (QED) is 0.636. The normalized spacial score (nSPS) is 24.4. The van der Waals surface area contributed by atoms with Crippen LogP contribution >= 0.6 is 0 Å². The summed E-state index contributed by atoms with van der Waals surface area (Å²) in [6.45, 7) is 1.55. The molecule has 2 fully saturated rings. The summed E-state index contributed by atoms with van der Waals surface area (Å²) < 4.78 is 4.98. The molecular formula is C8H13NO2. The Balaban J connectivity index is 1.63. The lowest BCUT2D eigenvalue weighted by Crippen LogP contribution is -2.35. The molecule has 0 radical (unpaired) electrons. The summed E-state index contributed by atoms with van der Waals surface area (Å²) in [4.78, 5) is 11.1. The minimum absolute atomic E-state index is 0.209. The molecule has 62 valence electrons. The highest BCUT2D eigenvalue weighted by molar-refractivity contribution is 5.76. The molecule has 3 nitrogen and oxygen atoms in total. The van der Waals surface area contributed by atoms with Crippen molar-refractivity contribution in [2.24, 2.45) is 5.92 Å². The van der Waals surface area contributed by atoms with Crippen molar-refractivity contribution in [1.82, 2.24) is 5.32 Å². The Morgan fingerprint density at radius 2 is 2.18 bits per heavy atom. The van der Waals surface area contributed by atoms with E-state index in [9.17, 15) is 4.79 Å². The van der Waals surface area contributed by atoms with Gasteiger partial charge in [0.25, 0.3) is 0 Å². The van der Waals surface area contributed by atoms with E-state index in [1.165, 1.54) is 12.8 Å². The van der Waals surface area contributed by atoms with Gasteiger partial charge in [0, 0.05) is 18.4 Å². The Hall–Kier alpha value is -0.570. The van der Waals surface area contributed by atoms with Gasteiger partial charge in [-0.1, -0.05) is 0 Å². The first-order valence-electron chi connectivity index (χ1n) is 4.21. The predicted molar refractivity (Wildman–Crippen MR) is 40.1 cm³/mol. The first kappa shape index (κ1) is 7.10. The lowest BCUT2D eigenvalue weighted by Gasteiger charge is -2.25. The van der Waals surface area contributed by atoms with E-state index in [1.807, 2.05) is 0 Å². The third-order valence-electron chi connectivity index (χ3n) is 2.12. The summed E-state index contributed by atoms with van der Waals surface area (Å²) in [5, 5.41) is 2.96. The summed E-state index contributed by atoms with van der Waals surface area (Å²) in [7, 11) is 0. The summed E-state index contributed by atoms with van der Waals surface area (Å²) in [6, 6.07) is 0.503. The maximum Gasteiger partial charge on any atom is 0.220 e. The maximum absolute atomic E-state index is 11.1. The molecular weight excluding hydrogens is 142 g/mol. The van der Waals surface area contributed by atoms with Gasteiger partial charge in [0.05, 0.1) is 13.2 Å². The third kappa shape index (κ3) is 1.93. The van der Waals surface area contributed by atoms with Gasteiger partial charge >= 0.3 is 0 Å². The fraction of sp³-hybridized carbons (Fsp3) is 0.875. The standard InChI is InChI=1S/C8H13NO2/c10-8(9-7-1-2-7)3-6-4-11-5-6/h6-7H,1-5H2,(H,9,10). The Morgan fingerprint density at radius 3 is 2.64 bits per heavy atom. The van der Waals surface area contributed by atoms with E-state index in [2.05, 4.69) is 5.32 Å². The monoisotopic (exact) mass is 155 g/mol. The molecule has 1 aliphatic heterocycles. The Labute approximate surface area is 66.1 Å². The highest BCUT2D eigenvalue weighted by Gasteiger charge is 2.26. The van der Waals surface area contributed by atoms with Gasteiger partial charge in [-0.2, -0.15) is 0 Å². The Morgan fingerprint density at radius 1 is 1.45 bits per heavy atom. The van der Waals surface area contributed by atoms with Gasteiger partial charge in [-0.05, 0) is 12.8 Å². The van der Waals surface area contributed by atoms with Gasteiger partial charge < -0.3 is 10.1 Å². The molecule has 0 aromatic heterocycles. The van der Waals surface area contributed by atoms with Crippen molar-refractivity contribution >= 4 is 5.91 Å². The molecule has 0 aromatic rings. The second-order valence-corrected chi connectivity index (χ2v) is 3.45. The molecule has 0 spiro atoms. The molecule has 1 amide bonds. The minimum Gasteiger partial charge on any atom is -0.381 e. The largest absolute Gasteiger partial charge is 0.381 e. The van der Waals surface area contributed by atoms with Crippen molar-refractivity contribution in [3.8, 4) is 0 Å². The molecule has 1 saturated heterocycles. The summed E-state index contributed by atoms with van der Waals surface area (Å²) >= 11 is 0. The Kier molecular flexibility index (Phi) is 1.82. The average Bonchev–Trinajstić information content (AvgIpc) is 2.62. The first-order valence-corrected chi connectivity index (χ1v) is 4.21. The number of nitrogens with one attached hydrogen (secondary N) is 1. The lowest BCUT2D eigenvalue weighted by atomic mass is 10.0. The first-order chi connectivity index (χ1) is 5.34. The SMILES string of the molecule is O=C(CC1COC1)NC1CC1. The van der Waals surface area contributed by atoms with Gasteiger partial charge in [0.1, 0.15) is 0 Å². The zero-order valence-corrected chi connectivity index (χ0v) is 6.51. The average molecular weight is 155 g/mol. The van der Waals surface area contributed by atoms with Crippen LogP contribution in [0.3, 0.4) is 0 Å². The number of ether oxygens (including phenoxy) is 1. The molecule has 0 aromatic carbocycles. The zero-order valence-electron chi connectivity index (χ0n) is 6.51.